The molecule has 1 aliphatic rings. The van der Waals surface area contributed by atoms with E-state index in [0.717, 1.165) is 25.1 Å². The molecule has 2 N–H and O–H groups in total. The van der Waals surface area contributed by atoms with Gasteiger partial charge in [0.05, 0.1) is 6.10 Å². The first-order valence-electron chi connectivity index (χ1n) is 6.25. The van der Waals surface area contributed by atoms with Crippen molar-refractivity contribution in [3.63, 3.8) is 0 Å². The van der Waals surface area contributed by atoms with Crippen LogP contribution >= 0.6 is 0 Å². The number of benzene rings is 1. The first kappa shape index (κ1) is 12.2. The molecule has 1 fully saturated rings. The molecule has 1 aromatic carbocycles. The van der Waals surface area contributed by atoms with Crippen molar-refractivity contribution in [1.82, 2.24) is 0 Å². The second-order valence-corrected chi connectivity index (χ2v) is 5.38. The Balaban J connectivity index is 1.96. The lowest BCUT2D eigenvalue weighted by Gasteiger charge is -2.23. The lowest BCUT2D eigenvalue weighted by atomic mass is 10.2. The Hall–Kier alpha value is -1.22. The third kappa shape index (κ3) is 3.37. The molecule has 0 saturated heterocycles. The van der Waals surface area contributed by atoms with Crippen molar-refractivity contribution in [3.8, 4) is 5.75 Å². The standard InChI is InChI=1S/C14H22N2O/c1-11(2)17-13-6-4-12(5-7-13)16(3)10-14(15)8-9-14/h4-7,11H,8-10,15H2,1-3H3. The van der Waals surface area contributed by atoms with E-state index in [4.69, 9.17) is 10.5 Å². The third-order valence-electron chi connectivity index (χ3n) is 3.09. The molecule has 0 aliphatic heterocycles. The Kier molecular flexibility index (Phi) is 3.29. The average molecular weight is 234 g/mol. The van der Waals surface area contributed by atoms with Crippen LogP contribution in [-0.4, -0.2) is 25.2 Å². The van der Waals surface area contributed by atoms with E-state index >= 15 is 0 Å². The molecular weight excluding hydrogens is 212 g/mol. The second-order valence-electron chi connectivity index (χ2n) is 5.38. The van der Waals surface area contributed by atoms with Crippen molar-refractivity contribution in [3.05, 3.63) is 24.3 Å². The van der Waals surface area contributed by atoms with Crippen molar-refractivity contribution in [1.29, 1.82) is 0 Å². The zero-order chi connectivity index (χ0) is 12.5. The molecule has 0 radical (unpaired) electrons. The molecule has 3 heteroatoms. The number of hydrogen-bond donors (Lipinski definition) is 1. The zero-order valence-electron chi connectivity index (χ0n) is 10.9. The zero-order valence-corrected chi connectivity index (χ0v) is 10.9. The summed E-state index contributed by atoms with van der Waals surface area (Å²) in [7, 11) is 2.09. The third-order valence-corrected chi connectivity index (χ3v) is 3.09. The highest BCUT2D eigenvalue weighted by Crippen LogP contribution is 2.34. The molecular formula is C14H22N2O. The lowest BCUT2D eigenvalue weighted by Crippen LogP contribution is -2.37. The SMILES string of the molecule is CC(C)Oc1ccc(N(C)CC2(N)CC2)cc1. The molecule has 1 aliphatic carbocycles. The fraction of sp³-hybridized carbons (Fsp3) is 0.571. The summed E-state index contributed by atoms with van der Waals surface area (Å²) in [5.41, 5.74) is 7.36. The van der Waals surface area contributed by atoms with Crippen LogP contribution in [0.2, 0.25) is 0 Å². The van der Waals surface area contributed by atoms with E-state index in [-0.39, 0.29) is 11.6 Å². The van der Waals surface area contributed by atoms with Crippen molar-refractivity contribution in [2.45, 2.75) is 38.3 Å². The van der Waals surface area contributed by atoms with E-state index in [1.807, 2.05) is 26.0 Å². The van der Waals surface area contributed by atoms with Crippen LogP contribution in [0, 0.1) is 0 Å². The largest absolute Gasteiger partial charge is 0.491 e. The lowest BCUT2D eigenvalue weighted by molar-refractivity contribution is 0.242. The summed E-state index contributed by atoms with van der Waals surface area (Å²) in [6.07, 6.45) is 2.51. The second kappa shape index (κ2) is 4.57. The monoisotopic (exact) mass is 234 g/mol. The fourth-order valence-electron chi connectivity index (χ4n) is 1.93. The molecule has 94 valence electrons. The van der Waals surface area contributed by atoms with Gasteiger partial charge in [0.1, 0.15) is 5.75 Å². The molecule has 1 aromatic rings. The van der Waals surface area contributed by atoms with E-state index in [2.05, 4.69) is 24.1 Å². The number of hydrogen-bond acceptors (Lipinski definition) is 3. The fourth-order valence-corrected chi connectivity index (χ4v) is 1.93. The highest BCUT2D eigenvalue weighted by Gasteiger charge is 2.39. The topological polar surface area (TPSA) is 38.5 Å². The van der Waals surface area contributed by atoms with Gasteiger partial charge in [-0.05, 0) is 51.0 Å². The smallest absolute Gasteiger partial charge is 0.119 e. The van der Waals surface area contributed by atoms with E-state index < -0.39 is 0 Å². The first-order valence-corrected chi connectivity index (χ1v) is 6.25. The van der Waals surface area contributed by atoms with Gasteiger partial charge >= 0.3 is 0 Å². The Labute approximate surface area is 104 Å². The highest BCUT2D eigenvalue weighted by atomic mass is 16.5. The normalized spacial score (nSPS) is 17.0. The van der Waals surface area contributed by atoms with Crippen LogP contribution in [0.5, 0.6) is 5.75 Å². The van der Waals surface area contributed by atoms with Crippen molar-refractivity contribution < 1.29 is 4.74 Å². The number of nitrogens with two attached hydrogens (primary N) is 1. The average Bonchev–Trinajstić information content (AvgIpc) is 2.96. The summed E-state index contributed by atoms with van der Waals surface area (Å²) in [6, 6.07) is 8.21. The summed E-state index contributed by atoms with van der Waals surface area (Å²) >= 11 is 0. The van der Waals surface area contributed by atoms with Gasteiger partial charge in [-0.1, -0.05) is 0 Å². The number of likely N-dealkylation sites (N-methyl/N-ethyl adjacent to an activating group) is 1. The molecule has 3 nitrogen and oxygen atoms in total. The van der Waals surface area contributed by atoms with Crippen molar-refractivity contribution >= 4 is 5.69 Å². The van der Waals surface area contributed by atoms with E-state index in [1.165, 1.54) is 5.69 Å². The van der Waals surface area contributed by atoms with Crippen LogP contribution in [0.15, 0.2) is 24.3 Å². The van der Waals surface area contributed by atoms with Gasteiger partial charge in [-0.15, -0.1) is 0 Å². The van der Waals surface area contributed by atoms with Gasteiger partial charge in [0.25, 0.3) is 0 Å². The summed E-state index contributed by atoms with van der Waals surface area (Å²) in [5, 5.41) is 0. The molecule has 0 spiro atoms. The predicted molar refractivity (Wildman–Crippen MR) is 71.6 cm³/mol. The highest BCUT2D eigenvalue weighted by molar-refractivity contribution is 5.49. The molecule has 0 bridgehead atoms. The summed E-state index contributed by atoms with van der Waals surface area (Å²) in [6.45, 7) is 4.99. The van der Waals surface area contributed by atoms with E-state index in [1.54, 1.807) is 0 Å². The Morgan fingerprint density at radius 1 is 1.29 bits per heavy atom. The van der Waals surface area contributed by atoms with Gasteiger partial charge < -0.3 is 15.4 Å². The molecule has 2 rings (SSSR count). The van der Waals surface area contributed by atoms with E-state index in [9.17, 15) is 0 Å². The molecule has 0 unspecified atom stereocenters. The van der Waals surface area contributed by atoms with Crippen molar-refractivity contribution in [2.24, 2.45) is 5.73 Å². The minimum Gasteiger partial charge on any atom is -0.491 e. The van der Waals surface area contributed by atoms with Gasteiger partial charge in [0.15, 0.2) is 0 Å². The molecule has 17 heavy (non-hydrogen) atoms. The van der Waals surface area contributed by atoms with Gasteiger partial charge in [0.2, 0.25) is 0 Å². The molecule has 0 aromatic heterocycles. The number of ether oxygens (including phenoxy) is 1. The minimum atomic E-state index is 0.0574. The van der Waals surface area contributed by atoms with Gasteiger partial charge in [0, 0.05) is 24.8 Å². The van der Waals surface area contributed by atoms with Crippen LogP contribution in [0.3, 0.4) is 0 Å². The first-order chi connectivity index (χ1) is 7.98. The van der Waals surface area contributed by atoms with Gasteiger partial charge in [-0.2, -0.15) is 0 Å². The predicted octanol–water partition coefficient (Wildman–Crippen LogP) is 2.40. The number of nitrogens with zero attached hydrogens (tertiary/aromatic N) is 1. The van der Waals surface area contributed by atoms with Crippen LogP contribution in [0.25, 0.3) is 0 Å². The Morgan fingerprint density at radius 2 is 1.88 bits per heavy atom. The summed E-state index contributed by atoms with van der Waals surface area (Å²) < 4.78 is 5.62. The Morgan fingerprint density at radius 3 is 2.35 bits per heavy atom. The number of anilines is 1. The maximum Gasteiger partial charge on any atom is 0.119 e. The van der Waals surface area contributed by atoms with Crippen LogP contribution in [-0.2, 0) is 0 Å². The quantitative estimate of drug-likeness (QED) is 0.850. The summed E-state index contributed by atoms with van der Waals surface area (Å²) in [5.74, 6) is 0.922. The van der Waals surface area contributed by atoms with Crippen molar-refractivity contribution in [2.75, 3.05) is 18.5 Å². The van der Waals surface area contributed by atoms with Gasteiger partial charge in [-0.3, -0.25) is 0 Å². The van der Waals surface area contributed by atoms with E-state index in [0.29, 0.717) is 0 Å². The molecule has 0 atom stereocenters. The maximum absolute atomic E-state index is 6.11. The molecule has 1 saturated carbocycles. The molecule has 0 amide bonds. The minimum absolute atomic E-state index is 0.0574. The Bertz CT molecular complexity index is 368. The van der Waals surface area contributed by atoms with Gasteiger partial charge in [-0.25, -0.2) is 0 Å². The maximum atomic E-state index is 6.11. The number of rotatable bonds is 5. The summed E-state index contributed by atoms with van der Waals surface area (Å²) in [4.78, 5) is 2.21. The van der Waals surface area contributed by atoms with Crippen LogP contribution < -0.4 is 15.4 Å². The van der Waals surface area contributed by atoms with Crippen LogP contribution in [0.4, 0.5) is 5.69 Å². The van der Waals surface area contributed by atoms with Crippen LogP contribution in [0.1, 0.15) is 26.7 Å². The molecule has 0 heterocycles.